The van der Waals surface area contributed by atoms with E-state index in [2.05, 4.69) is 10.7 Å². The van der Waals surface area contributed by atoms with Crippen molar-refractivity contribution in [2.75, 3.05) is 19.6 Å². The highest BCUT2D eigenvalue weighted by Crippen LogP contribution is 2.34. The summed E-state index contributed by atoms with van der Waals surface area (Å²) in [6.45, 7) is 1.91. The molecule has 1 amide bonds. The van der Waals surface area contributed by atoms with Gasteiger partial charge in [0, 0.05) is 29.4 Å². The number of nitrogens with zero attached hydrogens (tertiary/aromatic N) is 1. The summed E-state index contributed by atoms with van der Waals surface area (Å²) in [5.74, 6) is -0.849. The quantitative estimate of drug-likeness (QED) is 0.279. The maximum absolute atomic E-state index is 13.0. The van der Waals surface area contributed by atoms with Gasteiger partial charge in [-0.3, -0.25) is 15.0 Å². The van der Waals surface area contributed by atoms with Crippen molar-refractivity contribution in [3.05, 3.63) is 63.0 Å². The summed E-state index contributed by atoms with van der Waals surface area (Å²) >= 11 is 13.7. The molecule has 1 aliphatic carbocycles. The number of ether oxygens (including phenoxy) is 1. The van der Waals surface area contributed by atoms with Crippen LogP contribution in [0.25, 0.3) is 10.1 Å². The number of amides is 1. The number of rotatable bonds is 9. The number of nitrogens with one attached hydrogen (secondary N) is 2. The molecule has 184 valence electrons. The van der Waals surface area contributed by atoms with Gasteiger partial charge in [0.1, 0.15) is 11.9 Å². The number of hydrazine groups is 1. The molecule has 0 radical (unpaired) electrons. The van der Waals surface area contributed by atoms with Crippen molar-refractivity contribution in [1.82, 2.24) is 15.8 Å². The van der Waals surface area contributed by atoms with E-state index in [0.717, 1.165) is 42.4 Å². The molecule has 1 aliphatic heterocycles. The van der Waals surface area contributed by atoms with Gasteiger partial charge in [-0.05, 0) is 60.5 Å². The minimum Gasteiger partial charge on any atom is -0.489 e. The van der Waals surface area contributed by atoms with E-state index < -0.39 is 23.8 Å². The third-order valence-corrected chi connectivity index (χ3v) is 7.71. The number of aliphatic hydroxyl groups excluding tert-OH is 1. The summed E-state index contributed by atoms with van der Waals surface area (Å²) in [4.78, 5) is 26.3. The zero-order valence-corrected chi connectivity index (χ0v) is 21.1. The van der Waals surface area contributed by atoms with Crippen LogP contribution in [0.4, 0.5) is 0 Å². The standard InChI is InChI=1S/C25H25Cl2N3O4S/c26-16-4-2-14-11-22(35-21(14)12-16)24(32)25(33)29-19(13-30-9-1-8-28-30)23(31)15-3-7-20(18(27)10-15)34-17-5-6-17/h2-4,7,10-12,17,19,23,28,31H,1,5-6,8-9,13H2,(H,29,33)/t19-,23-/m1/s1. The smallest absolute Gasteiger partial charge is 0.293 e. The molecule has 1 saturated heterocycles. The monoisotopic (exact) mass is 533 g/mol. The average Bonchev–Trinajstić information content (AvgIpc) is 3.32. The highest BCUT2D eigenvalue weighted by Gasteiger charge is 2.30. The van der Waals surface area contributed by atoms with E-state index in [1.807, 2.05) is 11.1 Å². The predicted octanol–water partition coefficient (Wildman–Crippen LogP) is 4.36. The number of ketones is 1. The van der Waals surface area contributed by atoms with Crippen LogP contribution in [0, 0.1) is 0 Å². The molecule has 7 nitrogen and oxygen atoms in total. The number of aliphatic hydroxyl groups is 1. The largest absolute Gasteiger partial charge is 0.489 e. The van der Waals surface area contributed by atoms with Crippen molar-refractivity contribution in [1.29, 1.82) is 0 Å². The first kappa shape index (κ1) is 24.5. The maximum Gasteiger partial charge on any atom is 0.293 e. The molecule has 3 N–H and O–H groups in total. The zero-order valence-electron chi connectivity index (χ0n) is 18.8. The number of Topliss-reactive ketones (excluding diaryl/α,β-unsaturated/α-hetero) is 1. The van der Waals surface area contributed by atoms with Crippen LogP contribution in [0.3, 0.4) is 0 Å². The molecule has 2 fully saturated rings. The Balaban J connectivity index is 1.34. The minimum atomic E-state index is -1.08. The predicted molar refractivity (Wildman–Crippen MR) is 137 cm³/mol. The topological polar surface area (TPSA) is 90.9 Å². The van der Waals surface area contributed by atoms with E-state index in [4.69, 9.17) is 27.9 Å². The van der Waals surface area contributed by atoms with Crippen LogP contribution in [-0.2, 0) is 4.79 Å². The maximum atomic E-state index is 13.0. The number of thiophene rings is 1. The van der Waals surface area contributed by atoms with E-state index in [1.54, 1.807) is 36.4 Å². The van der Waals surface area contributed by atoms with Gasteiger partial charge in [0.15, 0.2) is 0 Å². The molecule has 2 atom stereocenters. The highest BCUT2D eigenvalue weighted by atomic mass is 35.5. The van der Waals surface area contributed by atoms with Crippen molar-refractivity contribution in [2.24, 2.45) is 0 Å². The van der Waals surface area contributed by atoms with Crippen LogP contribution < -0.4 is 15.5 Å². The molecule has 2 aromatic carbocycles. The van der Waals surface area contributed by atoms with E-state index in [0.29, 0.717) is 32.8 Å². The first-order valence-electron chi connectivity index (χ1n) is 11.5. The summed E-state index contributed by atoms with van der Waals surface area (Å²) in [5, 5.41) is 17.7. The van der Waals surface area contributed by atoms with Crippen molar-refractivity contribution in [3.8, 4) is 5.75 Å². The summed E-state index contributed by atoms with van der Waals surface area (Å²) in [5.41, 5.74) is 3.76. The second-order valence-corrected chi connectivity index (χ2v) is 10.8. The first-order valence-corrected chi connectivity index (χ1v) is 13.1. The lowest BCUT2D eigenvalue weighted by Crippen LogP contribution is -2.50. The van der Waals surface area contributed by atoms with Gasteiger partial charge in [-0.1, -0.05) is 35.3 Å². The molecule has 1 aromatic heterocycles. The molecule has 5 rings (SSSR count). The Morgan fingerprint density at radius 1 is 1.20 bits per heavy atom. The minimum absolute atomic E-state index is 0.201. The van der Waals surface area contributed by atoms with Crippen LogP contribution in [0.1, 0.15) is 40.6 Å². The van der Waals surface area contributed by atoms with Crippen LogP contribution in [0.2, 0.25) is 10.0 Å². The summed E-state index contributed by atoms with van der Waals surface area (Å²) < 4.78 is 6.61. The third kappa shape index (κ3) is 5.80. The van der Waals surface area contributed by atoms with Gasteiger partial charge < -0.3 is 15.2 Å². The van der Waals surface area contributed by atoms with Crippen LogP contribution in [0.5, 0.6) is 5.75 Å². The molecule has 2 aliphatic rings. The molecule has 0 bridgehead atoms. The Morgan fingerprint density at radius 3 is 2.74 bits per heavy atom. The number of hydrogen-bond donors (Lipinski definition) is 3. The van der Waals surface area contributed by atoms with Gasteiger partial charge in [-0.2, -0.15) is 0 Å². The third-order valence-electron chi connectivity index (χ3n) is 6.08. The zero-order chi connectivity index (χ0) is 24.5. The normalized spacial score (nSPS) is 17.9. The fourth-order valence-electron chi connectivity index (χ4n) is 4.06. The molecule has 10 heteroatoms. The lowest BCUT2D eigenvalue weighted by Gasteiger charge is -2.28. The molecular weight excluding hydrogens is 509 g/mol. The molecule has 1 saturated carbocycles. The summed E-state index contributed by atoms with van der Waals surface area (Å²) in [6.07, 6.45) is 2.10. The van der Waals surface area contributed by atoms with Gasteiger partial charge in [-0.25, -0.2) is 5.01 Å². The number of halogens is 2. The van der Waals surface area contributed by atoms with Crippen molar-refractivity contribution in [3.63, 3.8) is 0 Å². The lowest BCUT2D eigenvalue weighted by molar-refractivity contribution is -0.118. The molecule has 3 aromatic rings. The molecule has 0 unspecified atom stereocenters. The number of carbonyl (C=O) groups is 2. The van der Waals surface area contributed by atoms with E-state index >= 15 is 0 Å². The lowest BCUT2D eigenvalue weighted by atomic mass is 10.0. The first-order chi connectivity index (χ1) is 16.9. The second-order valence-electron chi connectivity index (χ2n) is 8.86. The van der Waals surface area contributed by atoms with Crippen LogP contribution >= 0.6 is 34.5 Å². The van der Waals surface area contributed by atoms with E-state index in [-0.39, 0.29) is 6.10 Å². The van der Waals surface area contributed by atoms with Crippen molar-refractivity contribution in [2.45, 2.75) is 37.5 Å². The van der Waals surface area contributed by atoms with Gasteiger partial charge in [0.05, 0.1) is 22.0 Å². The molecule has 35 heavy (non-hydrogen) atoms. The average molecular weight is 534 g/mol. The highest BCUT2D eigenvalue weighted by molar-refractivity contribution is 7.21. The second kappa shape index (κ2) is 10.4. The van der Waals surface area contributed by atoms with Crippen LogP contribution in [0.15, 0.2) is 42.5 Å². The number of carbonyl (C=O) groups excluding carboxylic acids is 2. The van der Waals surface area contributed by atoms with Crippen LogP contribution in [-0.4, -0.2) is 53.6 Å². The summed E-state index contributed by atoms with van der Waals surface area (Å²) in [7, 11) is 0. The number of fused-ring (bicyclic) bond motifs is 1. The van der Waals surface area contributed by atoms with Gasteiger partial charge >= 0.3 is 0 Å². The van der Waals surface area contributed by atoms with Gasteiger partial charge in [-0.15, -0.1) is 11.3 Å². The van der Waals surface area contributed by atoms with Crippen molar-refractivity contribution >= 4 is 56.3 Å². The van der Waals surface area contributed by atoms with Gasteiger partial charge in [0.2, 0.25) is 0 Å². The SMILES string of the molecule is O=C(N[C@H](CN1CCCN1)[C@H](O)c1ccc(OC2CC2)c(Cl)c1)C(=O)c1cc2ccc(Cl)cc2s1. The fraction of sp³-hybridized carbons (Fsp3) is 0.360. The van der Waals surface area contributed by atoms with E-state index in [1.165, 1.54) is 11.3 Å². The Kier molecular flexibility index (Phi) is 7.29. The Labute approximate surface area is 216 Å². The number of benzene rings is 2. The van der Waals surface area contributed by atoms with Crippen molar-refractivity contribution < 1.29 is 19.4 Å². The summed E-state index contributed by atoms with van der Waals surface area (Å²) in [6, 6.07) is 11.4. The fourth-order valence-corrected chi connectivity index (χ4v) is 5.57. The Bertz CT molecular complexity index is 1260. The molecule has 2 heterocycles. The molecule has 0 spiro atoms. The van der Waals surface area contributed by atoms with Gasteiger partial charge in [0.25, 0.3) is 11.7 Å². The number of hydrogen-bond acceptors (Lipinski definition) is 7. The Morgan fingerprint density at radius 2 is 2.03 bits per heavy atom. The molecular formula is C25H25Cl2N3O4S. The Hall–Kier alpha value is -2.20. The van der Waals surface area contributed by atoms with E-state index in [9.17, 15) is 14.7 Å².